The summed E-state index contributed by atoms with van der Waals surface area (Å²) in [5, 5.41) is 3.35. The van der Waals surface area contributed by atoms with Gasteiger partial charge in [0.15, 0.2) is 0 Å². The Kier molecular flexibility index (Phi) is 6.78. The Morgan fingerprint density at radius 1 is 0.968 bits per heavy atom. The molecule has 1 unspecified atom stereocenters. The molecule has 1 aromatic heterocycles. The molecule has 0 spiro atoms. The van der Waals surface area contributed by atoms with E-state index in [9.17, 15) is 4.79 Å². The number of benzene rings is 2. The molecule has 2 aromatic carbocycles. The van der Waals surface area contributed by atoms with E-state index in [0.29, 0.717) is 0 Å². The Morgan fingerprint density at radius 3 is 2.35 bits per heavy atom. The third-order valence-corrected chi connectivity index (χ3v) is 6.32. The highest BCUT2D eigenvalue weighted by Crippen LogP contribution is 2.27. The lowest BCUT2D eigenvalue weighted by atomic mass is 9.92. The zero-order valence-electron chi connectivity index (χ0n) is 18.4. The van der Waals surface area contributed by atoms with Crippen molar-refractivity contribution in [3.05, 3.63) is 101 Å². The van der Waals surface area contributed by atoms with E-state index in [0.717, 1.165) is 54.9 Å². The molecule has 0 aliphatic carbocycles. The zero-order valence-corrected chi connectivity index (χ0v) is 18.4. The molecule has 1 amide bonds. The van der Waals surface area contributed by atoms with Crippen LogP contribution in [0.25, 0.3) is 0 Å². The summed E-state index contributed by atoms with van der Waals surface area (Å²) in [7, 11) is 0. The molecule has 1 N–H and O–H groups in total. The van der Waals surface area contributed by atoms with Crippen LogP contribution in [0.2, 0.25) is 0 Å². The van der Waals surface area contributed by atoms with E-state index in [1.54, 1.807) is 0 Å². The first-order chi connectivity index (χ1) is 15.1. The Bertz CT molecular complexity index is 964. The number of hydrogen-bond acceptors (Lipinski definition) is 3. The van der Waals surface area contributed by atoms with Gasteiger partial charge in [-0.3, -0.25) is 14.7 Å². The van der Waals surface area contributed by atoms with Crippen molar-refractivity contribution in [1.82, 2.24) is 15.2 Å². The van der Waals surface area contributed by atoms with Crippen LogP contribution in [0.1, 0.15) is 46.8 Å². The van der Waals surface area contributed by atoms with Gasteiger partial charge in [0.1, 0.15) is 0 Å². The van der Waals surface area contributed by atoms with E-state index in [2.05, 4.69) is 71.5 Å². The monoisotopic (exact) mass is 413 g/mol. The quantitative estimate of drug-likeness (QED) is 0.630. The molecule has 31 heavy (non-hydrogen) atoms. The first-order valence-corrected chi connectivity index (χ1v) is 11.2. The fourth-order valence-corrected chi connectivity index (χ4v) is 4.46. The Hall–Kier alpha value is -2.98. The minimum atomic E-state index is -0.225. The van der Waals surface area contributed by atoms with Crippen LogP contribution in [0.3, 0.4) is 0 Å². The lowest BCUT2D eigenvalue weighted by Crippen LogP contribution is -2.41. The largest absolute Gasteiger partial charge is 0.343 e. The second-order valence-electron chi connectivity index (χ2n) is 8.54. The van der Waals surface area contributed by atoms with Crippen molar-refractivity contribution in [2.75, 3.05) is 13.1 Å². The average Bonchev–Trinajstić information content (AvgIpc) is 2.80. The molecule has 4 heteroatoms. The van der Waals surface area contributed by atoms with Gasteiger partial charge in [-0.2, -0.15) is 0 Å². The van der Waals surface area contributed by atoms with Crippen molar-refractivity contribution in [1.29, 1.82) is 0 Å². The number of pyridine rings is 1. The van der Waals surface area contributed by atoms with Crippen LogP contribution in [0.4, 0.5) is 0 Å². The van der Waals surface area contributed by atoms with Gasteiger partial charge in [-0.05, 0) is 68.1 Å². The number of aromatic nitrogens is 1. The first-order valence-electron chi connectivity index (χ1n) is 11.2. The molecule has 1 aliphatic heterocycles. The van der Waals surface area contributed by atoms with Crippen LogP contribution >= 0.6 is 0 Å². The standard InChI is InChI=1S/C27H31N3O/c1-20-9-6-7-13-24(20)26(25-21(2)10-8-16-28-25)29-27(31)23-14-17-30(18-15-23)19-22-11-4-3-5-12-22/h3-13,16,23,26H,14-15,17-19H2,1-2H3,(H,29,31). The lowest BCUT2D eigenvalue weighted by molar-refractivity contribution is -0.127. The zero-order chi connectivity index (χ0) is 21.6. The Morgan fingerprint density at radius 2 is 1.65 bits per heavy atom. The van der Waals surface area contributed by atoms with Gasteiger partial charge in [-0.25, -0.2) is 0 Å². The van der Waals surface area contributed by atoms with Crippen LogP contribution in [0, 0.1) is 19.8 Å². The molecule has 160 valence electrons. The van der Waals surface area contributed by atoms with Gasteiger partial charge in [0, 0.05) is 18.7 Å². The predicted octanol–water partition coefficient (Wildman–Crippen LogP) is 4.82. The minimum Gasteiger partial charge on any atom is -0.343 e. The second kappa shape index (κ2) is 9.88. The summed E-state index contributed by atoms with van der Waals surface area (Å²) < 4.78 is 0. The van der Waals surface area contributed by atoms with Gasteiger partial charge in [-0.1, -0.05) is 60.7 Å². The molecule has 4 nitrogen and oxygen atoms in total. The van der Waals surface area contributed by atoms with Crippen LogP contribution in [0.15, 0.2) is 72.9 Å². The Labute approximate surface area is 185 Å². The summed E-state index contributed by atoms with van der Waals surface area (Å²) in [6.07, 6.45) is 3.59. The number of nitrogens with one attached hydrogen (secondary N) is 1. The van der Waals surface area contributed by atoms with E-state index >= 15 is 0 Å². The molecule has 1 fully saturated rings. The van der Waals surface area contributed by atoms with E-state index in [1.807, 2.05) is 30.5 Å². The average molecular weight is 414 g/mol. The molecule has 4 rings (SSSR count). The van der Waals surface area contributed by atoms with Gasteiger partial charge in [0.25, 0.3) is 0 Å². The molecule has 1 atom stereocenters. The third kappa shape index (κ3) is 5.20. The summed E-state index contributed by atoms with van der Waals surface area (Å²) in [6, 6.07) is 22.6. The van der Waals surface area contributed by atoms with Crippen molar-refractivity contribution in [2.24, 2.45) is 5.92 Å². The summed E-state index contributed by atoms with van der Waals surface area (Å²) in [6.45, 7) is 7.00. The topological polar surface area (TPSA) is 45.2 Å². The molecule has 0 bridgehead atoms. The van der Waals surface area contributed by atoms with Gasteiger partial charge in [0.05, 0.1) is 11.7 Å². The van der Waals surface area contributed by atoms with Crippen molar-refractivity contribution in [3.63, 3.8) is 0 Å². The fraction of sp³-hybridized carbons (Fsp3) is 0.333. The molecule has 3 aromatic rings. The van der Waals surface area contributed by atoms with Crippen LogP contribution in [-0.4, -0.2) is 28.9 Å². The first kappa shape index (κ1) is 21.3. The number of rotatable bonds is 6. The third-order valence-electron chi connectivity index (χ3n) is 6.32. The molecule has 0 saturated carbocycles. The number of hydrogen-bond donors (Lipinski definition) is 1. The highest BCUT2D eigenvalue weighted by molar-refractivity contribution is 5.79. The number of piperidine rings is 1. The fourth-order valence-electron chi connectivity index (χ4n) is 4.46. The van der Waals surface area contributed by atoms with E-state index < -0.39 is 0 Å². The van der Waals surface area contributed by atoms with Gasteiger partial charge in [0.2, 0.25) is 5.91 Å². The second-order valence-corrected chi connectivity index (χ2v) is 8.54. The number of carbonyl (C=O) groups is 1. The summed E-state index contributed by atoms with van der Waals surface area (Å²) in [5.41, 5.74) is 5.62. The smallest absolute Gasteiger partial charge is 0.224 e. The van der Waals surface area contributed by atoms with E-state index in [4.69, 9.17) is 0 Å². The van der Waals surface area contributed by atoms with Crippen molar-refractivity contribution in [2.45, 2.75) is 39.3 Å². The molecular weight excluding hydrogens is 382 g/mol. The van der Waals surface area contributed by atoms with E-state index in [1.165, 1.54) is 5.56 Å². The molecule has 1 aliphatic rings. The summed E-state index contributed by atoms with van der Waals surface area (Å²) >= 11 is 0. The molecule has 1 saturated heterocycles. The van der Waals surface area contributed by atoms with Crippen molar-refractivity contribution >= 4 is 5.91 Å². The SMILES string of the molecule is Cc1ccccc1C(NC(=O)C1CCN(Cc2ccccc2)CC1)c1ncccc1C. The van der Waals surface area contributed by atoms with Gasteiger partial charge < -0.3 is 5.32 Å². The number of likely N-dealkylation sites (tertiary alicyclic amines) is 1. The maximum absolute atomic E-state index is 13.3. The normalized spacial score (nSPS) is 16.1. The number of carbonyl (C=O) groups excluding carboxylic acids is 1. The molecule has 0 radical (unpaired) electrons. The summed E-state index contributed by atoms with van der Waals surface area (Å²) in [4.78, 5) is 20.4. The molecular formula is C27H31N3O. The van der Waals surface area contributed by atoms with Crippen LogP contribution in [-0.2, 0) is 11.3 Å². The maximum Gasteiger partial charge on any atom is 0.224 e. The van der Waals surface area contributed by atoms with Crippen molar-refractivity contribution in [3.8, 4) is 0 Å². The minimum absolute atomic E-state index is 0.0440. The predicted molar refractivity (Wildman–Crippen MR) is 125 cm³/mol. The Balaban J connectivity index is 1.45. The van der Waals surface area contributed by atoms with Gasteiger partial charge in [-0.15, -0.1) is 0 Å². The number of aryl methyl sites for hydroxylation is 2. The summed E-state index contributed by atoms with van der Waals surface area (Å²) in [5.74, 6) is 0.181. The van der Waals surface area contributed by atoms with Crippen LogP contribution < -0.4 is 5.32 Å². The maximum atomic E-state index is 13.3. The molecule has 2 heterocycles. The number of nitrogens with zero attached hydrogens (tertiary/aromatic N) is 2. The van der Waals surface area contributed by atoms with Crippen LogP contribution in [0.5, 0.6) is 0 Å². The number of amides is 1. The lowest BCUT2D eigenvalue weighted by Gasteiger charge is -2.32. The van der Waals surface area contributed by atoms with Crippen molar-refractivity contribution < 1.29 is 4.79 Å². The van der Waals surface area contributed by atoms with E-state index in [-0.39, 0.29) is 17.9 Å². The van der Waals surface area contributed by atoms with Gasteiger partial charge >= 0.3 is 0 Å². The highest BCUT2D eigenvalue weighted by atomic mass is 16.2. The highest BCUT2D eigenvalue weighted by Gasteiger charge is 2.28.